The molecule has 25 heavy (non-hydrogen) atoms. The van der Waals surface area contributed by atoms with E-state index in [1.165, 1.54) is 24.3 Å². The third-order valence-corrected chi connectivity index (χ3v) is 5.02. The summed E-state index contributed by atoms with van der Waals surface area (Å²) in [7, 11) is 0. The summed E-state index contributed by atoms with van der Waals surface area (Å²) in [5.74, 6) is -0.625. The number of hydrogen-bond donors (Lipinski definition) is 0. The predicted octanol–water partition coefficient (Wildman–Crippen LogP) is 3.65. The fourth-order valence-corrected chi connectivity index (χ4v) is 3.46. The van der Waals surface area contributed by atoms with E-state index in [4.69, 9.17) is 0 Å². The lowest BCUT2D eigenvalue weighted by atomic mass is 10.2. The summed E-state index contributed by atoms with van der Waals surface area (Å²) >= 11 is 0.608. The third kappa shape index (κ3) is 4.09. The summed E-state index contributed by atoms with van der Waals surface area (Å²) < 4.78 is 51.1. The first-order valence-electron chi connectivity index (χ1n) is 7.67. The Hall–Kier alpha value is -2.16. The molecule has 3 rings (SSSR count). The summed E-state index contributed by atoms with van der Waals surface area (Å²) in [6, 6.07) is 5.31. The quantitative estimate of drug-likeness (QED) is 0.754. The molecule has 9 heteroatoms. The zero-order chi connectivity index (χ0) is 18.0. The van der Waals surface area contributed by atoms with Gasteiger partial charge in [0.25, 0.3) is 5.91 Å². The highest BCUT2D eigenvalue weighted by Crippen LogP contribution is 2.36. The number of carbonyl (C=O) groups is 1. The van der Waals surface area contributed by atoms with E-state index in [1.54, 1.807) is 9.80 Å². The van der Waals surface area contributed by atoms with E-state index in [9.17, 15) is 22.4 Å². The Bertz CT molecular complexity index is 745. The van der Waals surface area contributed by atoms with Crippen molar-refractivity contribution in [3.8, 4) is 0 Å². The number of benzene rings is 1. The zero-order valence-electron chi connectivity index (χ0n) is 13.1. The van der Waals surface area contributed by atoms with Gasteiger partial charge in [-0.3, -0.25) is 4.79 Å². The molecule has 1 amide bonds. The highest BCUT2D eigenvalue weighted by Gasteiger charge is 2.34. The lowest BCUT2D eigenvalue weighted by Gasteiger charge is -2.21. The smallest absolute Gasteiger partial charge is 0.346 e. The maximum atomic E-state index is 13.0. The molecular formula is C16H15F4N3OS. The number of hydrogen-bond acceptors (Lipinski definition) is 4. The Kier molecular flexibility index (Phi) is 4.94. The average molecular weight is 373 g/mol. The Morgan fingerprint density at radius 2 is 1.80 bits per heavy atom. The molecule has 0 radical (unpaired) electrons. The van der Waals surface area contributed by atoms with Gasteiger partial charge in [0, 0.05) is 31.7 Å². The first-order valence-corrected chi connectivity index (χ1v) is 8.49. The first-order chi connectivity index (χ1) is 11.8. The largest absolute Gasteiger partial charge is 0.427 e. The molecule has 1 aliphatic rings. The monoisotopic (exact) mass is 373 g/mol. The Morgan fingerprint density at radius 3 is 2.44 bits per heavy atom. The second kappa shape index (κ2) is 6.99. The van der Waals surface area contributed by atoms with Crippen LogP contribution in [-0.4, -0.2) is 42.0 Å². The van der Waals surface area contributed by atoms with Crippen LogP contribution < -0.4 is 4.90 Å². The van der Waals surface area contributed by atoms with Crippen LogP contribution in [0.2, 0.25) is 0 Å². The van der Waals surface area contributed by atoms with Crippen molar-refractivity contribution in [2.75, 3.05) is 31.1 Å². The predicted molar refractivity (Wildman–Crippen MR) is 86.2 cm³/mol. The van der Waals surface area contributed by atoms with Gasteiger partial charge in [0.05, 0.1) is 6.20 Å². The molecule has 2 heterocycles. The average Bonchev–Trinajstić information content (AvgIpc) is 2.94. The molecule has 0 spiro atoms. The molecule has 1 aromatic carbocycles. The van der Waals surface area contributed by atoms with E-state index in [1.807, 2.05) is 0 Å². The highest BCUT2D eigenvalue weighted by atomic mass is 32.1. The van der Waals surface area contributed by atoms with E-state index >= 15 is 0 Å². The van der Waals surface area contributed by atoms with Gasteiger partial charge in [0.15, 0.2) is 5.13 Å². The van der Waals surface area contributed by atoms with Gasteiger partial charge in [-0.15, -0.1) is 0 Å². The molecule has 0 saturated carbocycles. The van der Waals surface area contributed by atoms with Gasteiger partial charge in [-0.05, 0) is 30.7 Å². The fraction of sp³-hybridized carbons (Fsp3) is 0.375. The molecule has 1 aromatic heterocycles. The summed E-state index contributed by atoms with van der Waals surface area (Å²) in [5.41, 5.74) is 0.392. The van der Waals surface area contributed by atoms with Crippen LogP contribution in [0, 0.1) is 5.82 Å². The second-order valence-electron chi connectivity index (χ2n) is 5.64. The van der Waals surface area contributed by atoms with E-state index in [-0.39, 0.29) is 5.91 Å². The van der Waals surface area contributed by atoms with Crippen LogP contribution in [0.3, 0.4) is 0 Å². The molecule has 1 fully saturated rings. The van der Waals surface area contributed by atoms with Crippen LogP contribution in [0.4, 0.5) is 22.7 Å². The molecule has 4 nitrogen and oxygen atoms in total. The molecule has 0 N–H and O–H groups in total. The van der Waals surface area contributed by atoms with Crippen LogP contribution in [0.15, 0.2) is 30.5 Å². The van der Waals surface area contributed by atoms with Crippen molar-refractivity contribution in [1.29, 1.82) is 0 Å². The standard InChI is InChI=1S/C16H15F4N3OS/c17-12-4-2-11(3-5-12)14(24)22-6-1-7-23(9-8-22)15-21-10-13(25-15)16(18,19)20/h2-5,10H,1,6-9H2. The normalized spacial score (nSPS) is 16.0. The minimum atomic E-state index is -4.40. The van der Waals surface area contributed by atoms with Crippen molar-refractivity contribution in [3.05, 3.63) is 46.7 Å². The van der Waals surface area contributed by atoms with Crippen LogP contribution in [0.1, 0.15) is 21.7 Å². The Labute approximate surface area is 145 Å². The number of alkyl halides is 3. The number of amides is 1. The van der Waals surface area contributed by atoms with Gasteiger partial charge in [-0.1, -0.05) is 11.3 Å². The minimum Gasteiger partial charge on any atom is -0.346 e. The van der Waals surface area contributed by atoms with Gasteiger partial charge in [0.2, 0.25) is 0 Å². The van der Waals surface area contributed by atoms with Crippen molar-refractivity contribution in [2.24, 2.45) is 0 Å². The van der Waals surface area contributed by atoms with Crippen LogP contribution in [0.25, 0.3) is 0 Å². The minimum absolute atomic E-state index is 0.211. The molecule has 1 saturated heterocycles. The van der Waals surface area contributed by atoms with Gasteiger partial charge >= 0.3 is 6.18 Å². The molecule has 1 aliphatic heterocycles. The zero-order valence-corrected chi connectivity index (χ0v) is 13.9. The third-order valence-electron chi connectivity index (χ3n) is 3.92. The fourth-order valence-electron chi connectivity index (χ4n) is 2.63. The highest BCUT2D eigenvalue weighted by molar-refractivity contribution is 7.15. The van der Waals surface area contributed by atoms with Gasteiger partial charge < -0.3 is 9.80 Å². The van der Waals surface area contributed by atoms with Crippen LogP contribution >= 0.6 is 11.3 Å². The van der Waals surface area contributed by atoms with Crippen molar-refractivity contribution < 1.29 is 22.4 Å². The van der Waals surface area contributed by atoms with E-state index < -0.39 is 16.9 Å². The van der Waals surface area contributed by atoms with Crippen molar-refractivity contribution >= 4 is 22.4 Å². The molecule has 134 valence electrons. The number of thiazole rings is 1. The lowest BCUT2D eigenvalue weighted by Crippen LogP contribution is -2.35. The molecular weight excluding hydrogens is 358 g/mol. The maximum Gasteiger partial charge on any atom is 0.427 e. The van der Waals surface area contributed by atoms with E-state index in [2.05, 4.69) is 4.98 Å². The number of anilines is 1. The maximum absolute atomic E-state index is 13.0. The molecule has 0 bridgehead atoms. The second-order valence-corrected chi connectivity index (χ2v) is 6.65. The summed E-state index contributed by atoms with van der Waals surface area (Å²) in [5, 5.41) is 0.309. The molecule has 0 atom stereocenters. The first kappa shape index (κ1) is 17.7. The van der Waals surface area contributed by atoms with Gasteiger partial charge in [0.1, 0.15) is 10.7 Å². The molecule has 0 aliphatic carbocycles. The summed E-state index contributed by atoms with van der Waals surface area (Å²) in [4.78, 5) is 19.0. The number of halogens is 4. The number of carbonyl (C=O) groups excluding carboxylic acids is 1. The molecule has 0 unspecified atom stereocenters. The van der Waals surface area contributed by atoms with Gasteiger partial charge in [-0.2, -0.15) is 13.2 Å². The van der Waals surface area contributed by atoms with Crippen molar-refractivity contribution in [3.63, 3.8) is 0 Å². The number of rotatable bonds is 2. The van der Waals surface area contributed by atoms with Crippen molar-refractivity contribution in [1.82, 2.24) is 9.88 Å². The van der Waals surface area contributed by atoms with Gasteiger partial charge in [-0.25, -0.2) is 9.37 Å². The van der Waals surface area contributed by atoms with E-state index in [0.29, 0.717) is 54.6 Å². The Morgan fingerprint density at radius 1 is 1.08 bits per heavy atom. The molecule has 2 aromatic rings. The van der Waals surface area contributed by atoms with Crippen LogP contribution in [-0.2, 0) is 6.18 Å². The lowest BCUT2D eigenvalue weighted by molar-refractivity contribution is -0.134. The number of nitrogens with zero attached hydrogens (tertiary/aromatic N) is 3. The number of aromatic nitrogens is 1. The Balaban J connectivity index is 1.67. The SMILES string of the molecule is O=C(c1ccc(F)cc1)N1CCCN(c2ncc(C(F)(F)F)s2)CC1. The van der Waals surface area contributed by atoms with Crippen LogP contribution in [0.5, 0.6) is 0 Å². The van der Waals surface area contributed by atoms with Crippen molar-refractivity contribution in [2.45, 2.75) is 12.6 Å². The van der Waals surface area contributed by atoms with E-state index in [0.717, 1.165) is 6.20 Å². The summed E-state index contributed by atoms with van der Waals surface area (Å²) in [6.45, 7) is 1.79. The summed E-state index contributed by atoms with van der Waals surface area (Å²) in [6.07, 6.45) is -2.94. The topological polar surface area (TPSA) is 36.4 Å².